The number of carbonyl (C=O) groups excluding carboxylic acids is 1. The zero-order chi connectivity index (χ0) is 23.2. The number of nitrogens with zero attached hydrogens (tertiary/aromatic N) is 3. The summed E-state index contributed by atoms with van der Waals surface area (Å²) in [6.07, 6.45) is 0. The SMILES string of the molecule is COc1ccc(C(=O)NCc2nnc(SCc3ccccc3)n2-c2cccc(C)c2C)cc1. The lowest BCUT2D eigenvalue weighted by molar-refractivity contribution is 0.0949. The summed E-state index contributed by atoms with van der Waals surface area (Å²) in [6, 6.07) is 23.5. The molecule has 7 heteroatoms. The van der Waals surface area contributed by atoms with Crippen LogP contribution in [-0.4, -0.2) is 27.8 Å². The van der Waals surface area contributed by atoms with Crippen LogP contribution >= 0.6 is 11.8 Å². The summed E-state index contributed by atoms with van der Waals surface area (Å²) in [6.45, 7) is 4.44. The summed E-state index contributed by atoms with van der Waals surface area (Å²) >= 11 is 1.63. The molecule has 1 aromatic heterocycles. The number of methoxy groups -OCH3 is 1. The summed E-state index contributed by atoms with van der Waals surface area (Å²) in [4.78, 5) is 12.7. The molecule has 1 amide bonds. The van der Waals surface area contributed by atoms with Crippen molar-refractivity contribution in [3.63, 3.8) is 0 Å². The van der Waals surface area contributed by atoms with Crippen molar-refractivity contribution in [1.29, 1.82) is 0 Å². The van der Waals surface area contributed by atoms with Gasteiger partial charge in [-0.05, 0) is 60.9 Å². The number of ether oxygens (including phenoxy) is 1. The van der Waals surface area contributed by atoms with Crippen molar-refractivity contribution in [3.8, 4) is 11.4 Å². The van der Waals surface area contributed by atoms with Crippen LogP contribution in [0.2, 0.25) is 0 Å². The number of nitrogens with one attached hydrogen (secondary N) is 1. The Hall–Kier alpha value is -3.58. The lowest BCUT2D eigenvalue weighted by Crippen LogP contribution is -2.24. The van der Waals surface area contributed by atoms with Gasteiger partial charge in [-0.25, -0.2) is 0 Å². The Kier molecular flexibility index (Phi) is 7.10. The van der Waals surface area contributed by atoms with E-state index in [0.717, 1.165) is 22.2 Å². The monoisotopic (exact) mass is 458 g/mol. The van der Waals surface area contributed by atoms with Crippen molar-refractivity contribution < 1.29 is 9.53 Å². The molecule has 33 heavy (non-hydrogen) atoms. The van der Waals surface area contributed by atoms with Gasteiger partial charge in [0.15, 0.2) is 11.0 Å². The second-order valence-electron chi connectivity index (χ2n) is 7.64. The number of rotatable bonds is 8. The summed E-state index contributed by atoms with van der Waals surface area (Å²) < 4.78 is 7.21. The fraction of sp³-hybridized carbons (Fsp3) is 0.192. The van der Waals surface area contributed by atoms with Crippen LogP contribution in [0, 0.1) is 13.8 Å². The van der Waals surface area contributed by atoms with Gasteiger partial charge in [-0.3, -0.25) is 9.36 Å². The zero-order valence-corrected chi connectivity index (χ0v) is 19.7. The Morgan fingerprint density at radius 1 is 0.970 bits per heavy atom. The first kappa shape index (κ1) is 22.6. The van der Waals surface area contributed by atoms with Gasteiger partial charge in [-0.2, -0.15) is 0 Å². The van der Waals surface area contributed by atoms with Gasteiger partial charge in [0.05, 0.1) is 19.3 Å². The molecule has 0 bridgehead atoms. The Morgan fingerprint density at radius 2 is 1.73 bits per heavy atom. The maximum Gasteiger partial charge on any atom is 0.251 e. The van der Waals surface area contributed by atoms with Crippen LogP contribution < -0.4 is 10.1 Å². The van der Waals surface area contributed by atoms with Crippen LogP contribution in [0.5, 0.6) is 5.75 Å². The lowest BCUT2D eigenvalue weighted by atomic mass is 10.1. The van der Waals surface area contributed by atoms with E-state index < -0.39 is 0 Å². The highest BCUT2D eigenvalue weighted by atomic mass is 32.2. The fourth-order valence-corrected chi connectivity index (χ4v) is 4.37. The largest absolute Gasteiger partial charge is 0.497 e. The number of hydrogen-bond donors (Lipinski definition) is 1. The average Bonchev–Trinajstić information content (AvgIpc) is 3.26. The minimum atomic E-state index is -0.174. The van der Waals surface area contributed by atoms with E-state index in [-0.39, 0.29) is 12.5 Å². The van der Waals surface area contributed by atoms with Crippen molar-refractivity contribution >= 4 is 17.7 Å². The molecule has 0 fully saturated rings. The fourth-order valence-electron chi connectivity index (χ4n) is 3.45. The molecule has 0 aliphatic heterocycles. The summed E-state index contributed by atoms with van der Waals surface area (Å²) in [7, 11) is 1.60. The van der Waals surface area contributed by atoms with E-state index in [4.69, 9.17) is 4.74 Å². The van der Waals surface area contributed by atoms with E-state index in [2.05, 4.69) is 53.6 Å². The van der Waals surface area contributed by atoms with Crippen LogP contribution in [0.3, 0.4) is 0 Å². The Morgan fingerprint density at radius 3 is 2.45 bits per heavy atom. The minimum absolute atomic E-state index is 0.174. The highest BCUT2D eigenvalue weighted by Gasteiger charge is 2.18. The predicted molar refractivity (Wildman–Crippen MR) is 131 cm³/mol. The first-order valence-corrected chi connectivity index (χ1v) is 11.6. The van der Waals surface area contributed by atoms with Gasteiger partial charge in [-0.1, -0.05) is 54.2 Å². The third kappa shape index (κ3) is 5.26. The van der Waals surface area contributed by atoms with E-state index in [1.165, 1.54) is 11.1 Å². The molecule has 0 spiro atoms. The molecule has 168 valence electrons. The normalized spacial score (nSPS) is 10.8. The number of aryl methyl sites for hydroxylation is 1. The summed E-state index contributed by atoms with van der Waals surface area (Å²) in [5.41, 5.74) is 5.14. The number of aromatic nitrogens is 3. The predicted octanol–water partition coefficient (Wildman–Crippen LogP) is 5.12. The molecule has 1 N–H and O–H groups in total. The van der Waals surface area contributed by atoms with Crippen molar-refractivity contribution in [3.05, 3.63) is 101 Å². The Labute approximate surface area is 198 Å². The highest BCUT2D eigenvalue weighted by molar-refractivity contribution is 7.98. The lowest BCUT2D eigenvalue weighted by Gasteiger charge is -2.15. The van der Waals surface area contributed by atoms with Crippen molar-refractivity contribution in [2.24, 2.45) is 0 Å². The van der Waals surface area contributed by atoms with E-state index in [0.29, 0.717) is 17.1 Å². The molecule has 0 aliphatic rings. The molecule has 0 unspecified atom stereocenters. The number of benzene rings is 3. The molecule has 0 radical (unpaired) electrons. The Bertz CT molecular complexity index is 1240. The van der Waals surface area contributed by atoms with Gasteiger partial charge in [-0.15, -0.1) is 10.2 Å². The molecule has 0 atom stereocenters. The van der Waals surface area contributed by atoms with Gasteiger partial charge in [0.2, 0.25) is 0 Å². The molecule has 4 rings (SSSR count). The van der Waals surface area contributed by atoms with Crippen LogP contribution in [0.25, 0.3) is 5.69 Å². The van der Waals surface area contributed by atoms with Crippen molar-refractivity contribution in [2.45, 2.75) is 31.3 Å². The van der Waals surface area contributed by atoms with Gasteiger partial charge in [0.25, 0.3) is 5.91 Å². The zero-order valence-electron chi connectivity index (χ0n) is 18.9. The standard InChI is InChI=1S/C26H26N4O2S/c1-18-8-7-11-23(19(18)2)30-24(16-27-25(31)21-12-14-22(32-3)15-13-21)28-29-26(30)33-17-20-9-5-4-6-10-20/h4-15H,16-17H2,1-3H3,(H,27,31). The van der Waals surface area contributed by atoms with Crippen molar-refractivity contribution in [2.75, 3.05) is 7.11 Å². The van der Waals surface area contributed by atoms with Crippen LogP contribution in [0.4, 0.5) is 0 Å². The maximum atomic E-state index is 12.7. The van der Waals surface area contributed by atoms with E-state index in [1.807, 2.05) is 28.8 Å². The van der Waals surface area contributed by atoms with Gasteiger partial charge >= 0.3 is 0 Å². The van der Waals surface area contributed by atoms with E-state index >= 15 is 0 Å². The molecule has 6 nitrogen and oxygen atoms in total. The summed E-state index contributed by atoms with van der Waals surface area (Å²) in [5, 5.41) is 12.7. The molecule has 0 saturated carbocycles. The maximum absolute atomic E-state index is 12.7. The topological polar surface area (TPSA) is 69.0 Å². The molecule has 0 saturated heterocycles. The number of carbonyl (C=O) groups is 1. The van der Waals surface area contributed by atoms with E-state index in [1.54, 1.807) is 43.1 Å². The van der Waals surface area contributed by atoms with Crippen molar-refractivity contribution in [1.82, 2.24) is 20.1 Å². The Balaban J connectivity index is 1.59. The quantitative estimate of drug-likeness (QED) is 0.371. The second-order valence-corrected chi connectivity index (χ2v) is 8.58. The number of amides is 1. The van der Waals surface area contributed by atoms with E-state index in [9.17, 15) is 4.79 Å². The number of hydrogen-bond acceptors (Lipinski definition) is 5. The minimum Gasteiger partial charge on any atom is -0.497 e. The number of thioether (sulfide) groups is 1. The van der Waals surface area contributed by atoms with Crippen LogP contribution in [0.15, 0.2) is 78.0 Å². The highest BCUT2D eigenvalue weighted by Crippen LogP contribution is 2.28. The first-order valence-electron chi connectivity index (χ1n) is 10.7. The van der Waals surface area contributed by atoms with Crippen LogP contribution in [0.1, 0.15) is 32.9 Å². The molecule has 0 aliphatic carbocycles. The molecular formula is C26H26N4O2S. The third-order valence-electron chi connectivity index (χ3n) is 5.49. The molecular weight excluding hydrogens is 432 g/mol. The molecule has 4 aromatic rings. The smallest absolute Gasteiger partial charge is 0.251 e. The van der Waals surface area contributed by atoms with Gasteiger partial charge in [0.1, 0.15) is 5.75 Å². The van der Waals surface area contributed by atoms with Crippen LogP contribution in [-0.2, 0) is 12.3 Å². The third-order valence-corrected chi connectivity index (χ3v) is 6.49. The average molecular weight is 459 g/mol. The molecule has 3 aromatic carbocycles. The second kappa shape index (κ2) is 10.4. The van der Waals surface area contributed by atoms with Gasteiger partial charge < -0.3 is 10.1 Å². The summed E-state index contributed by atoms with van der Waals surface area (Å²) in [5.74, 6) is 2.00. The molecule has 1 heterocycles. The first-order chi connectivity index (χ1) is 16.1. The van der Waals surface area contributed by atoms with Gasteiger partial charge in [0, 0.05) is 11.3 Å².